The molecule has 1 fully saturated rings. The SMILES string of the molecule is O=C(NC1CCS(=O)(=O)C1)N[C@@H](C(=O)O)c1ccccc1. The van der Waals surface area contributed by atoms with E-state index in [0.29, 0.717) is 12.0 Å². The minimum Gasteiger partial charge on any atom is -0.479 e. The lowest BCUT2D eigenvalue weighted by molar-refractivity contribution is -0.139. The van der Waals surface area contributed by atoms with Crippen molar-refractivity contribution in [3.05, 3.63) is 35.9 Å². The summed E-state index contributed by atoms with van der Waals surface area (Å²) in [6, 6.07) is 5.95. The minimum atomic E-state index is -3.10. The van der Waals surface area contributed by atoms with Gasteiger partial charge >= 0.3 is 12.0 Å². The number of amides is 2. The normalized spacial score (nSPS) is 21.4. The maximum atomic E-state index is 11.8. The highest BCUT2D eigenvalue weighted by Crippen LogP contribution is 2.14. The van der Waals surface area contributed by atoms with Gasteiger partial charge in [-0.2, -0.15) is 0 Å². The van der Waals surface area contributed by atoms with Crippen molar-refractivity contribution in [1.29, 1.82) is 0 Å². The van der Waals surface area contributed by atoms with E-state index in [0.717, 1.165) is 0 Å². The van der Waals surface area contributed by atoms with Crippen molar-refractivity contribution >= 4 is 21.8 Å². The first kappa shape index (κ1) is 15.3. The Morgan fingerprint density at radius 1 is 1.24 bits per heavy atom. The number of carbonyl (C=O) groups excluding carboxylic acids is 1. The molecule has 1 aromatic rings. The first-order chi connectivity index (χ1) is 9.87. The predicted octanol–water partition coefficient (Wildman–Crippen LogP) is 0.299. The molecule has 8 heteroatoms. The number of nitrogens with one attached hydrogen (secondary N) is 2. The third-order valence-corrected chi connectivity index (χ3v) is 4.99. The Bertz CT molecular complexity index is 629. The van der Waals surface area contributed by atoms with E-state index in [1.807, 2.05) is 0 Å². The summed E-state index contributed by atoms with van der Waals surface area (Å²) in [6.45, 7) is 0. The first-order valence-corrected chi connectivity index (χ1v) is 8.25. The monoisotopic (exact) mass is 312 g/mol. The van der Waals surface area contributed by atoms with E-state index in [4.69, 9.17) is 0 Å². The molecule has 0 aliphatic carbocycles. The molecule has 0 radical (unpaired) electrons. The van der Waals surface area contributed by atoms with E-state index in [2.05, 4.69) is 10.6 Å². The third-order valence-electron chi connectivity index (χ3n) is 3.22. The fourth-order valence-electron chi connectivity index (χ4n) is 2.20. The maximum Gasteiger partial charge on any atom is 0.330 e. The van der Waals surface area contributed by atoms with Crippen LogP contribution in [0, 0.1) is 0 Å². The van der Waals surface area contributed by atoms with Gasteiger partial charge in [0, 0.05) is 6.04 Å². The summed E-state index contributed by atoms with van der Waals surface area (Å²) in [5.41, 5.74) is 0.444. The molecule has 3 N–H and O–H groups in total. The van der Waals surface area contributed by atoms with E-state index in [9.17, 15) is 23.1 Å². The lowest BCUT2D eigenvalue weighted by atomic mass is 10.1. The van der Waals surface area contributed by atoms with Crippen LogP contribution in [-0.2, 0) is 14.6 Å². The predicted molar refractivity (Wildman–Crippen MR) is 75.5 cm³/mol. The Hall–Kier alpha value is -2.09. The Morgan fingerprint density at radius 2 is 1.90 bits per heavy atom. The van der Waals surface area contributed by atoms with Crippen LogP contribution >= 0.6 is 0 Å². The quantitative estimate of drug-likeness (QED) is 0.740. The highest BCUT2D eigenvalue weighted by Gasteiger charge is 2.30. The van der Waals surface area contributed by atoms with Crippen molar-refractivity contribution in [1.82, 2.24) is 10.6 Å². The Morgan fingerprint density at radius 3 is 2.43 bits per heavy atom. The molecule has 1 aromatic carbocycles. The van der Waals surface area contributed by atoms with Crippen molar-refractivity contribution in [2.75, 3.05) is 11.5 Å². The maximum absolute atomic E-state index is 11.8. The number of carboxylic acids is 1. The van der Waals surface area contributed by atoms with Crippen molar-refractivity contribution in [3.63, 3.8) is 0 Å². The van der Waals surface area contributed by atoms with Crippen LogP contribution in [0.3, 0.4) is 0 Å². The number of hydrogen-bond donors (Lipinski definition) is 3. The summed E-state index contributed by atoms with van der Waals surface area (Å²) in [5.74, 6) is -1.25. The average Bonchev–Trinajstić information content (AvgIpc) is 2.76. The molecular formula is C13H16N2O5S. The second kappa shape index (κ2) is 6.13. The summed E-state index contributed by atoms with van der Waals surface area (Å²) >= 11 is 0. The smallest absolute Gasteiger partial charge is 0.330 e. The van der Waals surface area contributed by atoms with Crippen LogP contribution in [-0.4, -0.2) is 43.1 Å². The largest absolute Gasteiger partial charge is 0.479 e. The number of rotatable bonds is 4. The zero-order valence-corrected chi connectivity index (χ0v) is 12.0. The molecule has 2 atom stereocenters. The molecular weight excluding hydrogens is 296 g/mol. The number of carboxylic acid groups (broad SMARTS) is 1. The second-order valence-electron chi connectivity index (χ2n) is 4.90. The van der Waals surface area contributed by atoms with Crippen LogP contribution in [0.15, 0.2) is 30.3 Å². The van der Waals surface area contributed by atoms with Crippen molar-refractivity contribution in [2.45, 2.75) is 18.5 Å². The highest BCUT2D eigenvalue weighted by molar-refractivity contribution is 7.91. The van der Waals surface area contributed by atoms with Gasteiger partial charge in [0.15, 0.2) is 15.9 Å². The summed E-state index contributed by atoms with van der Waals surface area (Å²) in [5, 5.41) is 14.0. The van der Waals surface area contributed by atoms with Crippen LogP contribution in [0.5, 0.6) is 0 Å². The number of benzene rings is 1. The molecule has 21 heavy (non-hydrogen) atoms. The standard InChI is InChI=1S/C13H16N2O5S/c16-12(17)11(9-4-2-1-3-5-9)15-13(18)14-10-6-7-21(19,20)8-10/h1-5,10-11H,6-8H2,(H,16,17)(H2,14,15,18)/t10?,11-/m1/s1. The molecule has 0 spiro atoms. The van der Waals surface area contributed by atoms with Crippen LogP contribution < -0.4 is 10.6 Å². The molecule has 1 unspecified atom stereocenters. The van der Waals surface area contributed by atoms with Crippen molar-refractivity contribution < 1.29 is 23.1 Å². The van der Waals surface area contributed by atoms with E-state index in [-0.39, 0.29) is 11.5 Å². The van der Waals surface area contributed by atoms with Gasteiger partial charge in [-0.25, -0.2) is 18.0 Å². The third kappa shape index (κ3) is 4.19. The van der Waals surface area contributed by atoms with Crippen LogP contribution in [0.2, 0.25) is 0 Å². The molecule has 1 heterocycles. The number of carbonyl (C=O) groups is 2. The van der Waals surface area contributed by atoms with Crippen LogP contribution in [0.25, 0.3) is 0 Å². The number of hydrogen-bond acceptors (Lipinski definition) is 4. The van der Waals surface area contributed by atoms with E-state index >= 15 is 0 Å². The van der Waals surface area contributed by atoms with Gasteiger partial charge < -0.3 is 15.7 Å². The van der Waals surface area contributed by atoms with Gasteiger partial charge in [0.1, 0.15) is 0 Å². The molecule has 114 valence electrons. The Balaban J connectivity index is 1.98. The fourth-order valence-corrected chi connectivity index (χ4v) is 3.87. The molecule has 1 aliphatic rings. The molecule has 1 saturated heterocycles. The number of urea groups is 1. The lowest BCUT2D eigenvalue weighted by Gasteiger charge is -2.17. The molecule has 0 aromatic heterocycles. The van der Waals surface area contributed by atoms with Crippen LogP contribution in [0.1, 0.15) is 18.0 Å². The molecule has 2 rings (SSSR count). The topological polar surface area (TPSA) is 113 Å². The van der Waals surface area contributed by atoms with Gasteiger partial charge in [-0.05, 0) is 12.0 Å². The summed E-state index contributed by atoms with van der Waals surface area (Å²) < 4.78 is 22.6. The molecule has 2 amide bonds. The zero-order chi connectivity index (χ0) is 15.5. The first-order valence-electron chi connectivity index (χ1n) is 6.42. The van der Waals surface area contributed by atoms with E-state index < -0.39 is 33.9 Å². The van der Waals surface area contributed by atoms with Gasteiger partial charge in [0.25, 0.3) is 0 Å². The van der Waals surface area contributed by atoms with Gasteiger partial charge in [0.05, 0.1) is 11.5 Å². The van der Waals surface area contributed by atoms with Gasteiger partial charge in [-0.15, -0.1) is 0 Å². The Labute approximate surface area is 122 Å². The van der Waals surface area contributed by atoms with Gasteiger partial charge in [-0.3, -0.25) is 0 Å². The summed E-state index contributed by atoms with van der Waals surface area (Å²) in [6.07, 6.45) is 0.346. The van der Waals surface area contributed by atoms with E-state index in [1.54, 1.807) is 30.3 Å². The molecule has 7 nitrogen and oxygen atoms in total. The lowest BCUT2D eigenvalue weighted by Crippen LogP contribution is -2.45. The fraction of sp³-hybridized carbons (Fsp3) is 0.385. The Kier molecular flexibility index (Phi) is 4.46. The summed E-state index contributed by atoms with van der Waals surface area (Å²) in [7, 11) is -3.10. The molecule has 0 bridgehead atoms. The van der Waals surface area contributed by atoms with Crippen molar-refractivity contribution in [3.8, 4) is 0 Å². The zero-order valence-electron chi connectivity index (χ0n) is 11.2. The summed E-state index contributed by atoms with van der Waals surface area (Å²) in [4.78, 5) is 23.1. The van der Waals surface area contributed by atoms with Gasteiger partial charge in [0.2, 0.25) is 0 Å². The van der Waals surface area contributed by atoms with Crippen molar-refractivity contribution in [2.24, 2.45) is 0 Å². The van der Waals surface area contributed by atoms with E-state index in [1.165, 1.54) is 0 Å². The number of aliphatic carboxylic acids is 1. The minimum absolute atomic E-state index is 0.0407. The second-order valence-corrected chi connectivity index (χ2v) is 7.13. The molecule has 0 saturated carbocycles. The number of sulfone groups is 1. The molecule has 1 aliphatic heterocycles. The highest BCUT2D eigenvalue weighted by atomic mass is 32.2. The van der Waals surface area contributed by atoms with Crippen LogP contribution in [0.4, 0.5) is 4.79 Å². The average molecular weight is 312 g/mol. The van der Waals surface area contributed by atoms with Gasteiger partial charge in [-0.1, -0.05) is 30.3 Å².